The lowest BCUT2D eigenvalue weighted by molar-refractivity contribution is -0.133. The first-order valence-corrected chi connectivity index (χ1v) is 7.04. The molecule has 0 radical (unpaired) electrons. The maximum Gasteiger partial charge on any atom is 0.239 e. The quantitative estimate of drug-likeness (QED) is 0.822. The van der Waals surface area contributed by atoms with Crippen LogP contribution in [0.25, 0.3) is 0 Å². The Balaban J connectivity index is 2.52. The summed E-state index contributed by atoms with van der Waals surface area (Å²) in [7, 11) is 0. The van der Waals surface area contributed by atoms with Gasteiger partial charge in [-0.3, -0.25) is 4.79 Å². The van der Waals surface area contributed by atoms with Crippen molar-refractivity contribution in [3.05, 3.63) is 0 Å². The predicted octanol–water partition coefficient (Wildman–Crippen LogP) is 1.71. The van der Waals surface area contributed by atoms with Gasteiger partial charge >= 0.3 is 0 Å². The number of nitrogens with zero attached hydrogens (tertiary/aromatic N) is 1. The van der Waals surface area contributed by atoms with E-state index in [1.807, 2.05) is 16.7 Å². The Bertz CT molecular complexity index is 235. The Hall–Kier alpha value is -0.220. The first-order valence-electron chi connectivity index (χ1n) is 6.10. The largest absolute Gasteiger partial charge is 0.339 e. The van der Waals surface area contributed by atoms with Crippen LogP contribution in [0.4, 0.5) is 0 Å². The van der Waals surface area contributed by atoms with Crippen molar-refractivity contribution >= 4 is 17.7 Å². The van der Waals surface area contributed by atoms with Crippen LogP contribution in [0.3, 0.4) is 0 Å². The van der Waals surface area contributed by atoms with Crippen molar-refractivity contribution in [2.24, 2.45) is 11.7 Å². The molecular formula is C12H24N2OS. The number of rotatable bonds is 3. The predicted molar refractivity (Wildman–Crippen MR) is 70.5 cm³/mol. The normalized spacial score (nSPS) is 28.2. The van der Waals surface area contributed by atoms with E-state index in [1.54, 1.807) is 0 Å². The van der Waals surface area contributed by atoms with Gasteiger partial charge < -0.3 is 10.6 Å². The number of carbonyl (C=O) groups excluding carboxylic acids is 1. The van der Waals surface area contributed by atoms with Gasteiger partial charge in [-0.2, -0.15) is 11.8 Å². The lowest BCUT2D eigenvalue weighted by Gasteiger charge is -2.36. The molecule has 0 aromatic rings. The standard InChI is InChI=1S/C12H24N2OS/c1-8(2)5-11(13)12(15)14-6-9(3)16-10(4)7-14/h8-11H,5-7,13H2,1-4H3. The topological polar surface area (TPSA) is 46.3 Å². The van der Waals surface area contributed by atoms with Crippen molar-refractivity contribution in [1.82, 2.24) is 4.90 Å². The van der Waals surface area contributed by atoms with Crippen LogP contribution in [0.5, 0.6) is 0 Å². The lowest BCUT2D eigenvalue weighted by atomic mass is 10.0. The maximum atomic E-state index is 12.1. The van der Waals surface area contributed by atoms with E-state index in [9.17, 15) is 4.79 Å². The monoisotopic (exact) mass is 244 g/mol. The summed E-state index contributed by atoms with van der Waals surface area (Å²) < 4.78 is 0. The van der Waals surface area contributed by atoms with Gasteiger partial charge in [0.1, 0.15) is 0 Å². The molecule has 1 aliphatic rings. The summed E-state index contributed by atoms with van der Waals surface area (Å²) in [5.41, 5.74) is 5.94. The minimum absolute atomic E-state index is 0.132. The summed E-state index contributed by atoms with van der Waals surface area (Å²) in [6, 6.07) is -0.317. The summed E-state index contributed by atoms with van der Waals surface area (Å²) >= 11 is 1.95. The van der Waals surface area contributed by atoms with Gasteiger partial charge in [0.2, 0.25) is 5.91 Å². The molecule has 3 unspecified atom stereocenters. The van der Waals surface area contributed by atoms with Gasteiger partial charge in [0.25, 0.3) is 0 Å². The fraction of sp³-hybridized carbons (Fsp3) is 0.917. The highest BCUT2D eigenvalue weighted by Gasteiger charge is 2.28. The summed E-state index contributed by atoms with van der Waals surface area (Å²) in [6.45, 7) is 10.2. The average Bonchev–Trinajstić information content (AvgIpc) is 2.13. The molecule has 1 rings (SSSR count). The van der Waals surface area contributed by atoms with E-state index in [-0.39, 0.29) is 11.9 Å². The Labute approximate surface area is 103 Å². The second-order valence-corrected chi connectivity index (χ2v) is 7.12. The average molecular weight is 244 g/mol. The minimum atomic E-state index is -0.317. The highest BCUT2D eigenvalue weighted by molar-refractivity contribution is 8.00. The molecule has 94 valence electrons. The highest BCUT2D eigenvalue weighted by atomic mass is 32.2. The van der Waals surface area contributed by atoms with Crippen molar-refractivity contribution in [2.75, 3.05) is 13.1 Å². The number of nitrogens with two attached hydrogens (primary N) is 1. The van der Waals surface area contributed by atoms with Crippen LogP contribution in [0.15, 0.2) is 0 Å². The SMILES string of the molecule is CC(C)CC(N)C(=O)N1CC(C)SC(C)C1. The van der Waals surface area contributed by atoms with E-state index in [2.05, 4.69) is 27.7 Å². The number of thioether (sulfide) groups is 1. The summed E-state index contributed by atoms with van der Waals surface area (Å²) in [5, 5.41) is 1.05. The Morgan fingerprint density at radius 1 is 1.38 bits per heavy atom. The highest BCUT2D eigenvalue weighted by Crippen LogP contribution is 2.25. The molecule has 16 heavy (non-hydrogen) atoms. The number of hydrogen-bond acceptors (Lipinski definition) is 3. The van der Waals surface area contributed by atoms with E-state index in [4.69, 9.17) is 5.73 Å². The molecule has 1 amide bonds. The van der Waals surface area contributed by atoms with Gasteiger partial charge in [0, 0.05) is 23.6 Å². The summed E-state index contributed by atoms with van der Waals surface area (Å²) in [6.07, 6.45) is 0.783. The molecule has 3 nitrogen and oxygen atoms in total. The third-order valence-electron chi connectivity index (χ3n) is 2.77. The molecule has 4 heteroatoms. The third kappa shape index (κ3) is 3.98. The van der Waals surface area contributed by atoms with Gasteiger partial charge in [-0.25, -0.2) is 0 Å². The maximum absolute atomic E-state index is 12.1. The van der Waals surface area contributed by atoms with Crippen LogP contribution in [-0.4, -0.2) is 40.4 Å². The third-order valence-corrected chi connectivity index (χ3v) is 4.00. The molecule has 2 N–H and O–H groups in total. The van der Waals surface area contributed by atoms with E-state index in [1.165, 1.54) is 0 Å². The van der Waals surface area contributed by atoms with Crippen molar-refractivity contribution < 1.29 is 4.79 Å². The van der Waals surface area contributed by atoms with E-state index >= 15 is 0 Å². The first-order chi connectivity index (χ1) is 7.40. The van der Waals surface area contributed by atoms with Crippen LogP contribution in [0.1, 0.15) is 34.1 Å². The molecule has 1 saturated heterocycles. The fourth-order valence-electron chi connectivity index (χ4n) is 2.20. The van der Waals surface area contributed by atoms with Crippen molar-refractivity contribution in [3.8, 4) is 0 Å². The molecule has 0 aromatic carbocycles. The Morgan fingerprint density at radius 2 is 1.88 bits per heavy atom. The molecule has 1 fully saturated rings. The fourth-order valence-corrected chi connectivity index (χ4v) is 3.53. The van der Waals surface area contributed by atoms with Crippen LogP contribution in [-0.2, 0) is 4.79 Å². The zero-order valence-electron chi connectivity index (χ0n) is 10.8. The second kappa shape index (κ2) is 5.92. The zero-order valence-corrected chi connectivity index (χ0v) is 11.6. The first kappa shape index (κ1) is 13.8. The van der Waals surface area contributed by atoms with Gasteiger partial charge in [-0.1, -0.05) is 27.7 Å². The van der Waals surface area contributed by atoms with Crippen LogP contribution in [0.2, 0.25) is 0 Å². The van der Waals surface area contributed by atoms with Crippen molar-refractivity contribution in [2.45, 2.75) is 50.7 Å². The molecule has 3 atom stereocenters. The van der Waals surface area contributed by atoms with Crippen molar-refractivity contribution in [1.29, 1.82) is 0 Å². The van der Waals surface area contributed by atoms with Gasteiger partial charge in [0.05, 0.1) is 6.04 Å². The number of hydrogen-bond donors (Lipinski definition) is 1. The molecule has 0 bridgehead atoms. The summed E-state index contributed by atoms with van der Waals surface area (Å²) in [5.74, 6) is 0.612. The van der Waals surface area contributed by atoms with Crippen LogP contribution in [0, 0.1) is 5.92 Å². The number of amides is 1. The van der Waals surface area contributed by atoms with Crippen LogP contribution < -0.4 is 5.73 Å². The number of carbonyl (C=O) groups is 1. The lowest BCUT2D eigenvalue weighted by Crippen LogP contribution is -2.50. The van der Waals surface area contributed by atoms with Crippen molar-refractivity contribution in [3.63, 3.8) is 0 Å². The van der Waals surface area contributed by atoms with Gasteiger partial charge in [-0.05, 0) is 12.3 Å². The molecule has 0 saturated carbocycles. The molecule has 1 heterocycles. The molecule has 1 aliphatic heterocycles. The van der Waals surface area contributed by atoms with Gasteiger partial charge in [0.15, 0.2) is 0 Å². The van der Waals surface area contributed by atoms with Crippen LogP contribution >= 0.6 is 11.8 Å². The van der Waals surface area contributed by atoms with E-state index < -0.39 is 0 Å². The zero-order chi connectivity index (χ0) is 12.3. The second-order valence-electron chi connectivity index (χ2n) is 5.24. The molecule has 0 aromatic heterocycles. The minimum Gasteiger partial charge on any atom is -0.339 e. The summed E-state index contributed by atoms with van der Waals surface area (Å²) in [4.78, 5) is 14.1. The smallest absolute Gasteiger partial charge is 0.239 e. The molecule has 0 aliphatic carbocycles. The Kier molecular flexibility index (Phi) is 5.12. The molecule has 0 spiro atoms. The Morgan fingerprint density at radius 3 is 2.31 bits per heavy atom. The van der Waals surface area contributed by atoms with Gasteiger partial charge in [-0.15, -0.1) is 0 Å². The van der Waals surface area contributed by atoms with E-state index in [0.29, 0.717) is 16.4 Å². The molecular weight excluding hydrogens is 220 g/mol. The van der Waals surface area contributed by atoms with E-state index in [0.717, 1.165) is 19.5 Å².